The van der Waals surface area contributed by atoms with E-state index in [2.05, 4.69) is 50.6 Å². The molecule has 1 rings (SSSR count). The minimum absolute atomic E-state index is 1.39. The van der Waals surface area contributed by atoms with E-state index in [-0.39, 0.29) is 0 Å². The number of hydrogen-bond acceptors (Lipinski definition) is 0. The van der Waals surface area contributed by atoms with E-state index in [1.165, 1.54) is 20.9 Å². The maximum atomic E-state index is 2.18. The molecule has 1 aromatic rings. The number of aryl methyl sites for hydroxylation is 1. The van der Waals surface area contributed by atoms with Crippen molar-refractivity contribution in [2.24, 2.45) is 0 Å². The topological polar surface area (TPSA) is 0 Å². The van der Waals surface area contributed by atoms with Crippen LogP contribution in [0.25, 0.3) is 0 Å². The maximum absolute atomic E-state index is 2.18. The number of benzene rings is 1. The first-order chi connectivity index (χ1) is 4.63. The van der Waals surface area contributed by atoms with Crippen LogP contribution < -0.4 is 4.24 Å². The van der Waals surface area contributed by atoms with E-state index in [4.69, 9.17) is 0 Å². The van der Waals surface area contributed by atoms with Gasteiger partial charge in [-0.25, -0.2) is 0 Å². The van der Waals surface area contributed by atoms with Crippen molar-refractivity contribution in [3.8, 4) is 0 Å². The fraction of sp³-hybridized carbons (Fsp3) is 0.333. The van der Waals surface area contributed by atoms with Crippen LogP contribution in [-0.4, -0.2) is 17.7 Å². The third kappa shape index (κ3) is 1.28. The van der Waals surface area contributed by atoms with Gasteiger partial charge in [0.1, 0.15) is 0 Å². The first-order valence-electron chi connectivity index (χ1n) is 3.66. The Morgan fingerprint density at radius 3 is 2.10 bits per heavy atom. The van der Waals surface area contributed by atoms with Crippen LogP contribution in [0, 0.1) is 20.8 Å². The SMILES string of the molecule is [Li][c]1ccc(C)c(C)c1C. The zero-order valence-corrected chi connectivity index (χ0v) is 7.15. The summed E-state index contributed by atoms with van der Waals surface area (Å²) in [5, 5.41) is 0. The van der Waals surface area contributed by atoms with Crippen LogP contribution in [0.2, 0.25) is 0 Å². The molecular formula is C9H11Li. The van der Waals surface area contributed by atoms with Crippen molar-refractivity contribution in [1.29, 1.82) is 0 Å². The van der Waals surface area contributed by atoms with Crippen molar-refractivity contribution >= 4 is 22.0 Å². The molecular weight excluding hydrogens is 115 g/mol. The van der Waals surface area contributed by atoms with Gasteiger partial charge in [-0.05, 0) is 0 Å². The van der Waals surface area contributed by atoms with Gasteiger partial charge >= 0.3 is 71.5 Å². The normalized spacial score (nSPS) is 10.1. The van der Waals surface area contributed by atoms with Gasteiger partial charge in [0.05, 0.1) is 0 Å². The third-order valence-corrected chi connectivity index (χ3v) is 2.33. The van der Waals surface area contributed by atoms with E-state index < -0.39 is 0 Å². The molecule has 1 aromatic carbocycles. The van der Waals surface area contributed by atoms with Gasteiger partial charge in [0.2, 0.25) is 0 Å². The second-order valence-electron chi connectivity index (χ2n) is 2.95. The Bertz CT molecular complexity index is 224. The molecule has 0 amide bonds. The van der Waals surface area contributed by atoms with Crippen LogP contribution in [-0.2, 0) is 0 Å². The van der Waals surface area contributed by atoms with Crippen molar-refractivity contribution in [2.75, 3.05) is 0 Å². The third-order valence-electron chi connectivity index (χ3n) is 2.33. The van der Waals surface area contributed by atoms with Crippen molar-refractivity contribution in [3.05, 3.63) is 28.8 Å². The van der Waals surface area contributed by atoms with E-state index in [1.54, 1.807) is 0 Å². The van der Waals surface area contributed by atoms with Crippen molar-refractivity contribution in [1.82, 2.24) is 0 Å². The van der Waals surface area contributed by atoms with E-state index in [0.717, 1.165) is 0 Å². The van der Waals surface area contributed by atoms with Crippen LogP contribution >= 0.6 is 0 Å². The van der Waals surface area contributed by atoms with Gasteiger partial charge in [-0.2, -0.15) is 0 Å². The molecule has 0 heterocycles. The van der Waals surface area contributed by atoms with E-state index in [9.17, 15) is 0 Å². The van der Waals surface area contributed by atoms with Crippen LogP contribution in [0.1, 0.15) is 16.7 Å². The summed E-state index contributed by atoms with van der Waals surface area (Å²) in [6.07, 6.45) is 0. The van der Waals surface area contributed by atoms with Crippen molar-refractivity contribution in [3.63, 3.8) is 0 Å². The molecule has 0 radical (unpaired) electrons. The Hall–Kier alpha value is -0.183. The Balaban J connectivity index is 3.34. The Morgan fingerprint density at radius 1 is 1.00 bits per heavy atom. The molecule has 0 saturated carbocycles. The molecule has 1 heteroatoms. The summed E-state index contributed by atoms with van der Waals surface area (Å²) >= 11 is 2.15. The van der Waals surface area contributed by atoms with Gasteiger partial charge in [0.15, 0.2) is 0 Å². The molecule has 0 saturated heterocycles. The molecule has 0 unspecified atom stereocenters. The predicted octanol–water partition coefficient (Wildman–Crippen LogP) is 1.41. The molecule has 0 atom stereocenters. The molecule has 0 aliphatic carbocycles. The summed E-state index contributed by atoms with van der Waals surface area (Å²) in [5.74, 6) is 0. The fourth-order valence-corrected chi connectivity index (χ4v) is 1.09. The molecule has 0 bridgehead atoms. The van der Waals surface area contributed by atoms with E-state index in [1.807, 2.05) is 0 Å². The molecule has 0 spiro atoms. The minimum atomic E-state index is 1.39. The summed E-state index contributed by atoms with van der Waals surface area (Å²) < 4.78 is 1.39. The van der Waals surface area contributed by atoms with Gasteiger partial charge in [-0.1, -0.05) is 0 Å². The monoisotopic (exact) mass is 126 g/mol. The van der Waals surface area contributed by atoms with Gasteiger partial charge in [-0.3, -0.25) is 0 Å². The van der Waals surface area contributed by atoms with Crippen LogP contribution in [0.4, 0.5) is 0 Å². The number of hydrogen-bond donors (Lipinski definition) is 0. The fourth-order valence-electron chi connectivity index (χ4n) is 1.09. The molecule has 10 heavy (non-hydrogen) atoms. The molecule has 0 aliphatic heterocycles. The zero-order valence-electron chi connectivity index (χ0n) is 7.15. The summed E-state index contributed by atoms with van der Waals surface area (Å²) in [7, 11) is 0. The van der Waals surface area contributed by atoms with Crippen molar-refractivity contribution < 1.29 is 0 Å². The second-order valence-corrected chi connectivity index (χ2v) is 2.95. The predicted molar refractivity (Wildman–Crippen MR) is 46.0 cm³/mol. The summed E-state index contributed by atoms with van der Waals surface area (Å²) in [6.45, 7) is 6.51. The summed E-state index contributed by atoms with van der Waals surface area (Å²) in [4.78, 5) is 0. The van der Waals surface area contributed by atoms with Crippen molar-refractivity contribution in [2.45, 2.75) is 20.8 Å². The van der Waals surface area contributed by atoms with Gasteiger partial charge in [0, 0.05) is 0 Å². The molecule has 0 fully saturated rings. The average Bonchev–Trinajstić information content (AvgIpc) is 1.93. The van der Waals surface area contributed by atoms with Crippen LogP contribution in [0.15, 0.2) is 12.1 Å². The average molecular weight is 126 g/mol. The Morgan fingerprint density at radius 2 is 1.60 bits per heavy atom. The van der Waals surface area contributed by atoms with Crippen LogP contribution in [0.5, 0.6) is 0 Å². The van der Waals surface area contributed by atoms with Gasteiger partial charge < -0.3 is 0 Å². The molecule has 0 aromatic heterocycles. The van der Waals surface area contributed by atoms with Gasteiger partial charge in [0.25, 0.3) is 0 Å². The van der Waals surface area contributed by atoms with E-state index in [0.29, 0.717) is 0 Å². The first-order valence-corrected chi connectivity index (χ1v) is 3.66. The second kappa shape index (κ2) is 2.82. The molecule has 0 aliphatic rings. The first kappa shape index (κ1) is 7.92. The molecule has 0 N–H and O–H groups in total. The van der Waals surface area contributed by atoms with Crippen LogP contribution in [0.3, 0.4) is 0 Å². The quantitative estimate of drug-likeness (QED) is 0.461. The summed E-state index contributed by atoms with van der Waals surface area (Å²) in [6, 6.07) is 4.36. The number of rotatable bonds is 0. The Kier molecular flexibility index (Phi) is 2.24. The van der Waals surface area contributed by atoms with E-state index >= 15 is 0 Å². The summed E-state index contributed by atoms with van der Waals surface area (Å²) in [5.41, 5.74) is 4.25. The molecule has 48 valence electrons. The zero-order chi connectivity index (χ0) is 7.72. The Labute approximate surface area is 71.8 Å². The molecule has 0 nitrogen and oxygen atoms in total. The standard InChI is InChI=1S/C9H11.Li/c1-7-5-4-6-8(2)9(7)3;/h4-5H,1-3H3;. The van der Waals surface area contributed by atoms with Gasteiger partial charge in [-0.15, -0.1) is 0 Å².